The van der Waals surface area contributed by atoms with Gasteiger partial charge < -0.3 is 9.47 Å². The van der Waals surface area contributed by atoms with Crippen molar-refractivity contribution in [2.24, 2.45) is 0 Å². The zero-order chi connectivity index (χ0) is 19.6. The number of benzene rings is 2. The predicted molar refractivity (Wildman–Crippen MR) is 107 cm³/mol. The van der Waals surface area contributed by atoms with Gasteiger partial charge in [-0.2, -0.15) is 0 Å². The molecule has 7 heteroatoms. The number of nitrogens with one attached hydrogen (secondary N) is 1. The van der Waals surface area contributed by atoms with Crippen molar-refractivity contribution in [3.8, 4) is 11.5 Å². The van der Waals surface area contributed by atoms with Crippen LogP contribution in [0, 0.1) is 0 Å². The molecule has 2 amide bonds. The van der Waals surface area contributed by atoms with E-state index in [9.17, 15) is 9.59 Å². The van der Waals surface area contributed by atoms with Crippen LogP contribution in [0.4, 0.5) is 5.69 Å². The molecule has 0 unspecified atom stereocenters. The van der Waals surface area contributed by atoms with E-state index in [1.165, 1.54) is 18.2 Å². The molecule has 2 aromatic rings. The van der Waals surface area contributed by atoms with Crippen molar-refractivity contribution in [3.05, 3.63) is 58.1 Å². The minimum Gasteiger partial charge on any atom is -0.493 e. The third-order valence-corrected chi connectivity index (χ3v) is 4.29. The molecule has 1 saturated heterocycles. The van der Waals surface area contributed by atoms with Crippen molar-refractivity contribution in [3.63, 3.8) is 0 Å². The molecule has 140 valence electrons. The van der Waals surface area contributed by atoms with Gasteiger partial charge in [0, 0.05) is 10.0 Å². The van der Waals surface area contributed by atoms with Gasteiger partial charge in [0.25, 0.3) is 11.8 Å². The Hall–Kier alpha value is -2.80. The lowest BCUT2D eigenvalue weighted by Crippen LogP contribution is -2.35. The molecule has 3 rings (SSSR count). The molecule has 0 bridgehead atoms. The van der Waals surface area contributed by atoms with Crippen LogP contribution in [0.25, 0.3) is 6.08 Å². The van der Waals surface area contributed by atoms with E-state index >= 15 is 0 Å². The SMILES string of the molecule is COc1cc(Br)cc(/C=C2\C(=O)NN(c3ccccc3)C2=O)c1OC(C)C. The van der Waals surface area contributed by atoms with Crippen LogP contribution in [0.2, 0.25) is 0 Å². The van der Waals surface area contributed by atoms with Crippen molar-refractivity contribution in [1.29, 1.82) is 0 Å². The van der Waals surface area contributed by atoms with Crippen LogP contribution in [0.5, 0.6) is 11.5 Å². The van der Waals surface area contributed by atoms with Crippen LogP contribution in [0.3, 0.4) is 0 Å². The van der Waals surface area contributed by atoms with Crippen LogP contribution in [0.1, 0.15) is 19.4 Å². The van der Waals surface area contributed by atoms with Crippen LogP contribution < -0.4 is 19.9 Å². The lowest BCUT2D eigenvalue weighted by Gasteiger charge is -2.17. The van der Waals surface area contributed by atoms with Gasteiger partial charge in [0.2, 0.25) is 0 Å². The minimum absolute atomic E-state index is 0.0209. The third-order valence-electron chi connectivity index (χ3n) is 3.83. The van der Waals surface area contributed by atoms with Gasteiger partial charge in [-0.15, -0.1) is 0 Å². The molecule has 1 aliphatic rings. The number of halogens is 1. The van der Waals surface area contributed by atoms with E-state index in [4.69, 9.17) is 9.47 Å². The molecule has 2 aromatic carbocycles. The first kappa shape index (κ1) is 19.0. The average Bonchev–Trinajstić information content (AvgIpc) is 2.92. The maximum absolute atomic E-state index is 12.8. The highest BCUT2D eigenvalue weighted by molar-refractivity contribution is 9.10. The molecule has 0 aliphatic carbocycles. The second-order valence-corrected chi connectivity index (χ2v) is 7.08. The normalized spacial score (nSPS) is 15.4. The summed E-state index contributed by atoms with van der Waals surface area (Å²) >= 11 is 3.42. The number of hydrogen-bond donors (Lipinski definition) is 1. The molecule has 0 aromatic heterocycles. The van der Waals surface area contributed by atoms with Crippen LogP contribution in [-0.2, 0) is 9.59 Å². The Bertz CT molecular complexity index is 910. The lowest BCUT2D eigenvalue weighted by molar-refractivity contribution is -0.117. The third kappa shape index (κ3) is 3.98. The van der Waals surface area contributed by atoms with Crippen molar-refractivity contribution >= 4 is 39.5 Å². The van der Waals surface area contributed by atoms with Gasteiger partial charge in [-0.3, -0.25) is 15.0 Å². The number of nitrogens with zero attached hydrogens (tertiary/aromatic N) is 1. The van der Waals surface area contributed by atoms with E-state index in [2.05, 4.69) is 21.4 Å². The smallest absolute Gasteiger partial charge is 0.282 e. The molecule has 0 spiro atoms. The number of ether oxygens (including phenoxy) is 2. The summed E-state index contributed by atoms with van der Waals surface area (Å²) in [5.74, 6) is 0.0802. The summed E-state index contributed by atoms with van der Waals surface area (Å²) in [6.45, 7) is 3.78. The maximum Gasteiger partial charge on any atom is 0.282 e. The number of hydrazine groups is 1. The fraction of sp³-hybridized carbons (Fsp3) is 0.200. The Labute approximate surface area is 165 Å². The number of carbonyl (C=O) groups excluding carboxylic acids is 2. The standard InChI is InChI=1S/C20H19BrN2O4/c1-12(2)27-18-13(9-14(21)11-17(18)26-3)10-16-19(24)22-23(20(16)25)15-7-5-4-6-8-15/h4-12H,1-3H3,(H,22,24)/b16-10+. The Morgan fingerprint density at radius 1 is 1.15 bits per heavy atom. The van der Waals surface area contributed by atoms with Crippen LogP contribution in [-0.4, -0.2) is 25.0 Å². The molecule has 0 radical (unpaired) electrons. The van der Waals surface area contributed by atoms with Gasteiger partial charge in [0.05, 0.1) is 18.9 Å². The predicted octanol–water partition coefficient (Wildman–Crippen LogP) is 3.71. The van der Waals surface area contributed by atoms with Gasteiger partial charge in [0.15, 0.2) is 11.5 Å². The maximum atomic E-state index is 12.8. The summed E-state index contributed by atoms with van der Waals surface area (Å²) in [7, 11) is 1.54. The van der Waals surface area contributed by atoms with Crippen LogP contribution in [0.15, 0.2) is 52.5 Å². The fourth-order valence-corrected chi connectivity index (χ4v) is 3.14. The van der Waals surface area contributed by atoms with Crippen molar-refractivity contribution in [2.45, 2.75) is 20.0 Å². The number of amides is 2. The largest absolute Gasteiger partial charge is 0.493 e. The number of carbonyl (C=O) groups is 2. The van der Waals surface area contributed by atoms with Crippen molar-refractivity contribution < 1.29 is 19.1 Å². The van der Waals surface area contributed by atoms with E-state index in [-0.39, 0.29) is 11.7 Å². The van der Waals surface area contributed by atoms with Crippen LogP contribution >= 0.6 is 15.9 Å². The fourth-order valence-electron chi connectivity index (χ4n) is 2.68. The Kier molecular flexibility index (Phi) is 5.51. The monoisotopic (exact) mass is 430 g/mol. The van der Waals surface area contributed by atoms with E-state index in [0.717, 1.165) is 4.47 Å². The van der Waals surface area contributed by atoms with Crippen molar-refractivity contribution in [2.75, 3.05) is 12.1 Å². The summed E-state index contributed by atoms with van der Waals surface area (Å²) in [6, 6.07) is 12.5. The first-order chi connectivity index (χ1) is 12.9. The second kappa shape index (κ2) is 7.84. The summed E-state index contributed by atoms with van der Waals surface area (Å²) in [5, 5.41) is 1.23. The second-order valence-electron chi connectivity index (χ2n) is 6.17. The number of methoxy groups -OCH3 is 1. The molecule has 1 fully saturated rings. The van der Waals surface area contributed by atoms with E-state index in [0.29, 0.717) is 22.7 Å². The molecule has 6 nitrogen and oxygen atoms in total. The number of para-hydroxylation sites is 1. The zero-order valence-electron chi connectivity index (χ0n) is 15.2. The average molecular weight is 431 g/mol. The summed E-state index contributed by atoms with van der Waals surface area (Å²) in [4.78, 5) is 25.2. The number of anilines is 1. The molecule has 1 aliphatic heterocycles. The van der Waals surface area contributed by atoms with E-state index in [1.54, 1.807) is 36.4 Å². The molecular weight excluding hydrogens is 412 g/mol. The van der Waals surface area contributed by atoms with Crippen molar-refractivity contribution in [1.82, 2.24) is 5.43 Å². The molecule has 0 saturated carbocycles. The lowest BCUT2D eigenvalue weighted by atomic mass is 10.1. The highest BCUT2D eigenvalue weighted by atomic mass is 79.9. The molecular formula is C20H19BrN2O4. The highest BCUT2D eigenvalue weighted by Gasteiger charge is 2.34. The first-order valence-corrected chi connectivity index (χ1v) is 9.16. The van der Waals surface area contributed by atoms with Gasteiger partial charge in [0.1, 0.15) is 5.57 Å². The molecule has 1 N–H and O–H groups in total. The quantitative estimate of drug-likeness (QED) is 0.579. The van der Waals surface area contributed by atoms with E-state index < -0.39 is 11.8 Å². The van der Waals surface area contributed by atoms with Gasteiger partial charge >= 0.3 is 0 Å². The van der Waals surface area contributed by atoms with Gasteiger partial charge in [-0.1, -0.05) is 34.1 Å². The first-order valence-electron chi connectivity index (χ1n) is 8.37. The van der Waals surface area contributed by atoms with Gasteiger partial charge in [-0.05, 0) is 44.2 Å². The minimum atomic E-state index is -0.474. The van der Waals surface area contributed by atoms with Gasteiger partial charge in [-0.25, -0.2) is 5.01 Å². The molecule has 1 heterocycles. The zero-order valence-corrected chi connectivity index (χ0v) is 16.7. The summed E-state index contributed by atoms with van der Waals surface area (Å²) in [6.07, 6.45) is 1.41. The Morgan fingerprint density at radius 3 is 2.48 bits per heavy atom. The highest BCUT2D eigenvalue weighted by Crippen LogP contribution is 2.37. The van der Waals surface area contributed by atoms with E-state index in [1.807, 2.05) is 19.9 Å². The number of hydrogen-bond acceptors (Lipinski definition) is 4. The molecule has 27 heavy (non-hydrogen) atoms. The Morgan fingerprint density at radius 2 is 1.85 bits per heavy atom. The molecule has 0 atom stereocenters. The topological polar surface area (TPSA) is 67.9 Å². The Balaban J connectivity index is 2.04. The summed E-state index contributed by atoms with van der Waals surface area (Å²) in [5.41, 5.74) is 3.77. The number of rotatable bonds is 5. The summed E-state index contributed by atoms with van der Waals surface area (Å²) < 4.78 is 12.0.